The predicted molar refractivity (Wildman–Crippen MR) is 74.0 cm³/mol. The Kier molecular flexibility index (Phi) is 4.29. The van der Waals surface area contributed by atoms with Gasteiger partial charge in [0, 0.05) is 12.7 Å². The molecule has 0 atom stereocenters. The van der Waals surface area contributed by atoms with Gasteiger partial charge in [0.15, 0.2) is 11.6 Å². The average Bonchev–Trinajstić information content (AvgIpc) is 2.85. The number of hydrogen-bond donors (Lipinski definition) is 1. The van der Waals surface area contributed by atoms with Gasteiger partial charge in [-0.2, -0.15) is 5.10 Å². The van der Waals surface area contributed by atoms with Crippen LogP contribution < -0.4 is 4.90 Å². The molecular formula is C13H17N5O2. The number of carboxylic acids is 1. The minimum absolute atomic E-state index is 0.0806. The normalized spacial score (nSPS) is 10.5. The molecule has 0 saturated carbocycles. The first-order valence-electron chi connectivity index (χ1n) is 6.43. The van der Waals surface area contributed by atoms with Gasteiger partial charge in [-0.25, -0.2) is 4.68 Å². The van der Waals surface area contributed by atoms with Crippen LogP contribution in [0, 0.1) is 6.92 Å². The fourth-order valence-electron chi connectivity index (χ4n) is 1.86. The molecule has 0 aliphatic rings. The summed E-state index contributed by atoms with van der Waals surface area (Å²) in [6.07, 6.45) is 2.65. The molecule has 0 spiro atoms. The van der Waals surface area contributed by atoms with E-state index >= 15 is 0 Å². The van der Waals surface area contributed by atoms with E-state index in [1.165, 1.54) is 0 Å². The van der Waals surface area contributed by atoms with Crippen LogP contribution in [0.1, 0.15) is 19.0 Å². The first kappa shape index (κ1) is 14.0. The summed E-state index contributed by atoms with van der Waals surface area (Å²) in [4.78, 5) is 12.5. The standard InChI is InChI=1S/C13H17N5O2/c1-3-7-17(9-13(19)20)11-4-5-12(15-14-11)18-8-6-10(2)16-18/h4-6,8H,3,7,9H2,1-2H3,(H,19,20). The highest BCUT2D eigenvalue weighted by molar-refractivity contribution is 5.73. The van der Waals surface area contributed by atoms with Crippen molar-refractivity contribution in [2.75, 3.05) is 18.0 Å². The average molecular weight is 275 g/mol. The van der Waals surface area contributed by atoms with Gasteiger partial charge in [-0.15, -0.1) is 10.2 Å². The van der Waals surface area contributed by atoms with Crippen molar-refractivity contribution in [3.63, 3.8) is 0 Å². The zero-order valence-corrected chi connectivity index (χ0v) is 11.5. The highest BCUT2D eigenvalue weighted by Gasteiger charge is 2.12. The Morgan fingerprint density at radius 1 is 1.35 bits per heavy atom. The van der Waals surface area contributed by atoms with Gasteiger partial charge in [0.2, 0.25) is 0 Å². The smallest absolute Gasteiger partial charge is 0.323 e. The molecule has 20 heavy (non-hydrogen) atoms. The third-order valence-electron chi connectivity index (χ3n) is 2.74. The maximum absolute atomic E-state index is 10.8. The van der Waals surface area contributed by atoms with Crippen LogP contribution in [0.3, 0.4) is 0 Å². The van der Waals surface area contributed by atoms with Crippen LogP contribution in [-0.2, 0) is 4.79 Å². The lowest BCUT2D eigenvalue weighted by atomic mass is 10.3. The fraction of sp³-hybridized carbons (Fsp3) is 0.385. The van der Waals surface area contributed by atoms with Gasteiger partial charge < -0.3 is 10.0 Å². The molecular weight excluding hydrogens is 258 g/mol. The molecule has 0 amide bonds. The van der Waals surface area contributed by atoms with E-state index < -0.39 is 5.97 Å². The highest BCUT2D eigenvalue weighted by Crippen LogP contribution is 2.12. The number of carboxylic acid groups (broad SMARTS) is 1. The Morgan fingerprint density at radius 2 is 2.15 bits per heavy atom. The second kappa shape index (κ2) is 6.14. The van der Waals surface area contributed by atoms with E-state index in [0.29, 0.717) is 18.2 Å². The Hall–Kier alpha value is -2.44. The second-order valence-corrected chi connectivity index (χ2v) is 4.47. The van der Waals surface area contributed by atoms with Gasteiger partial charge >= 0.3 is 5.97 Å². The molecule has 0 radical (unpaired) electrons. The zero-order chi connectivity index (χ0) is 14.5. The monoisotopic (exact) mass is 275 g/mol. The van der Waals surface area contributed by atoms with E-state index in [4.69, 9.17) is 5.11 Å². The zero-order valence-electron chi connectivity index (χ0n) is 11.5. The van der Waals surface area contributed by atoms with Crippen molar-refractivity contribution in [2.24, 2.45) is 0 Å². The van der Waals surface area contributed by atoms with E-state index in [0.717, 1.165) is 12.1 Å². The van der Waals surface area contributed by atoms with Crippen LogP contribution >= 0.6 is 0 Å². The molecule has 7 heteroatoms. The van der Waals surface area contributed by atoms with Gasteiger partial charge in [-0.05, 0) is 31.5 Å². The van der Waals surface area contributed by atoms with Crippen molar-refractivity contribution in [2.45, 2.75) is 20.3 Å². The van der Waals surface area contributed by atoms with Gasteiger partial charge in [0.05, 0.1) is 5.69 Å². The van der Waals surface area contributed by atoms with Gasteiger partial charge in [0.1, 0.15) is 6.54 Å². The Bertz CT molecular complexity index is 579. The number of nitrogens with zero attached hydrogens (tertiary/aromatic N) is 5. The van der Waals surface area contributed by atoms with Gasteiger partial charge in [0.25, 0.3) is 0 Å². The molecule has 0 fully saturated rings. The molecule has 0 bridgehead atoms. The highest BCUT2D eigenvalue weighted by atomic mass is 16.4. The van der Waals surface area contributed by atoms with Crippen LogP contribution in [-0.4, -0.2) is 44.1 Å². The van der Waals surface area contributed by atoms with Crippen molar-refractivity contribution < 1.29 is 9.90 Å². The molecule has 1 N–H and O–H groups in total. The Morgan fingerprint density at radius 3 is 2.65 bits per heavy atom. The number of carbonyl (C=O) groups is 1. The van der Waals surface area contributed by atoms with Crippen molar-refractivity contribution in [3.05, 3.63) is 30.1 Å². The first-order valence-corrected chi connectivity index (χ1v) is 6.43. The third kappa shape index (κ3) is 3.31. The van der Waals surface area contributed by atoms with Crippen LogP contribution in [0.15, 0.2) is 24.4 Å². The lowest BCUT2D eigenvalue weighted by molar-refractivity contribution is -0.135. The minimum atomic E-state index is -0.882. The van der Waals surface area contributed by atoms with Crippen LogP contribution in [0.5, 0.6) is 0 Å². The third-order valence-corrected chi connectivity index (χ3v) is 2.74. The summed E-state index contributed by atoms with van der Waals surface area (Å²) < 4.78 is 1.63. The first-order chi connectivity index (χ1) is 9.60. The molecule has 0 aromatic carbocycles. The molecule has 0 aliphatic carbocycles. The van der Waals surface area contributed by atoms with Crippen molar-refractivity contribution >= 4 is 11.8 Å². The number of hydrogen-bond acceptors (Lipinski definition) is 5. The van der Waals surface area contributed by atoms with E-state index in [9.17, 15) is 4.79 Å². The van der Waals surface area contributed by atoms with Crippen molar-refractivity contribution in [1.82, 2.24) is 20.0 Å². The fourth-order valence-corrected chi connectivity index (χ4v) is 1.86. The Balaban J connectivity index is 2.19. The molecule has 0 saturated heterocycles. The second-order valence-electron chi connectivity index (χ2n) is 4.47. The quantitative estimate of drug-likeness (QED) is 0.854. The summed E-state index contributed by atoms with van der Waals surface area (Å²) in [6, 6.07) is 5.42. The summed E-state index contributed by atoms with van der Waals surface area (Å²) in [5.41, 5.74) is 0.898. The van der Waals surface area contributed by atoms with Crippen molar-refractivity contribution in [1.29, 1.82) is 0 Å². The lowest BCUT2D eigenvalue weighted by Crippen LogP contribution is -2.31. The molecule has 106 valence electrons. The number of aliphatic carboxylic acids is 1. The summed E-state index contributed by atoms with van der Waals surface area (Å²) in [5.74, 6) is 0.280. The van der Waals surface area contributed by atoms with Gasteiger partial charge in [-0.3, -0.25) is 4.79 Å². The molecule has 0 unspecified atom stereocenters. The van der Waals surface area contributed by atoms with E-state index in [1.54, 1.807) is 27.9 Å². The molecule has 2 aromatic rings. The van der Waals surface area contributed by atoms with E-state index in [-0.39, 0.29) is 6.54 Å². The predicted octanol–water partition coefficient (Wildman–Crippen LogP) is 1.27. The molecule has 2 aromatic heterocycles. The number of aromatic nitrogens is 4. The lowest BCUT2D eigenvalue weighted by Gasteiger charge is -2.20. The topological polar surface area (TPSA) is 84.1 Å². The molecule has 7 nitrogen and oxygen atoms in total. The summed E-state index contributed by atoms with van der Waals surface area (Å²) >= 11 is 0. The summed E-state index contributed by atoms with van der Waals surface area (Å²) in [6.45, 7) is 4.43. The molecule has 0 aliphatic heterocycles. The Labute approximate surface area is 116 Å². The summed E-state index contributed by atoms with van der Waals surface area (Å²) in [5, 5.41) is 21.3. The maximum Gasteiger partial charge on any atom is 0.323 e. The van der Waals surface area contributed by atoms with E-state index in [1.807, 2.05) is 19.9 Å². The number of anilines is 1. The van der Waals surface area contributed by atoms with Crippen LogP contribution in [0.25, 0.3) is 5.82 Å². The maximum atomic E-state index is 10.8. The van der Waals surface area contributed by atoms with Crippen LogP contribution in [0.2, 0.25) is 0 Å². The van der Waals surface area contributed by atoms with Crippen LogP contribution in [0.4, 0.5) is 5.82 Å². The number of rotatable bonds is 6. The minimum Gasteiger partial charge on any atom is -0.480 e. The van der Waals surface area contributed by atoms with E-state index in [2.05, 4.69) is 15.3 Å². The van der Waals surface area contributed by atoms with Gasteiger partial charge in [-0.1, -0.05) is 6.92 Å². The largest absolute Gasteiger partial charge is 0.480 e. The number of aryl methyl sites for hydroxylation is 1. The van der Waals surface area contributed by atoms with Crippen molar-refractivity contribution in [3.8, 4) is 5.82 Å². The molecule has 2 heterocycles. The SMILES string of the molecule is CCCN(CC(=O)O)c1ccc(-n2ccc(C)n2)nn1. The molecule has 2 rings (SSSR count). The summed E-state index contributed by atoms with van der Waals surface area (Å²) in [7, 11) is 0.